The van der Waals surface area contributed by atoms with Crippen LogP contribution < -0.4 is 0 Å². The summed E-state index contributed by atoms with van der Waals surface area (Å²) in [6.07, 6.45) is 2.67. The van der Waals surface area contributed by atoms with Crippen molar-refractivity contribution in [1.29, 1.82) is 0 Å². The van der Waals surface area contributed by atoms with Crippen molar-refractivity contribution in [2.24, 2.45) is 0 Å². The molecule has 0 saturated carbocycles. The summed E-state index contributed by atoms with van der Waals surface area (Å²) in [6.45, 7) is 2.61. The van der Waals surface area contributed by atoms with Gasteiger partial charge < -0.3 is 4.74 Å². The van der Waals surface area contributed by atoms with Gasteiger partial charge in [-0.15, -0.1) is 0 Å². The Balaban J connectivity index is 2.29. The van der Waals surface area contributed by atoms with Crippen LogP contribution >= 0.6 is 15.9 Å². The number of rotatable bonds is 2. The van der Waals surface area contributed by atoms with Crippen molar-refractivity contribution in [3.8, 4) is 0 Å². The summed E-state index contributed by atoms with van der Waals surface area (Å²) in [7, 11) is 0. The zero-order valence-electron chi connectivity index (χ0n) is 8.42. The van der Waals surface area contributed by atoms with Crippen LogP contribution in [0.25, 0.3) is 0 Å². The van der Waals surface area contributed by atoms with Crippen LogP contribution in [0.3, 0.4) is 0 Å². The van der Waals surface area contributed by atoms with Crippen LogP contribution in [-0.4, -0.2) is 12.4 Å². The van der Waals surface area contributed by atoms with E-state index in [0.29, 0.717) is 17.9 Å². The van der Waals surface area contributed by atoms with Gasteiger partial charge in [0, 0.05) is 16.5 Å². The predicted octanol–water partition coefficient (Wildman–Crippen LogP) is 3.24. The number of allylic oxidation sites excluding steroid dienone is 1. The van der Waals surface area contributed by atoms with E-state index in [1.54, 1.807) is 0 Å². The van der Waals surface area contributed by atoms with Crippen LogP contribution in [0.15, 0.2) is 34.5 Å². The Morgan fingerprint density at radius 2 is 2.27 bits per heavy atom. The fraction of sp³-hybridized carbons (Fsp3) is 0.250. The summed E-state index contributed by atoms with van der Waals surface area (Å²) in [5, 5.41) is 0. The number of carbonyl (C=O) groups is 1. The maximum Gasteiger partial charge on any atom is 0.227 e. The lowest BCUT2D eigenvalue weighted by Gasteiger charge is -2.04. The van der Waals surface area contributed by atoms with Crippen LogP contribution in [-0.2, 0) is 4.74 Å². The van der Waals surface area contributed by atoms with E-state index in [0.717, 1.165) is 16.5 Å². The number of Topliss-reactive ketones (excluding diaryl/α,β-unsaturated/α-hetero) is 1. The van der Waals surface area contributed by atoms with E-state index in [1.807, 2.05) is 31.2 Å². The Kier molecular flexibility index (Phi) is 2.91. The van der Waals surface area contributed by atoms with Crippen LogP contribution in [0.5, 0.6) is 0 Å². The molecule has 0 atom stereocenters. The van der Waals surface area contributed by atoms with Gasteiger partial charge in [-0.3, -0.25) is 4.79 Å². The topological polar surface area (TPSA) is 26.3 Å². The number of hydrogen-bond donors (Lipinski definition) is 0. The van der Waals surface area contributed by atoms with Gasteiger partial charge in [-0.05, 0) is 24.6 Å². The molecule has 1 aliphatic rings. The zero-order valence-corrected chi connectivity index (χ0v) is 10.0. The highest BCUT2D eigenvalue weighted by Crippen LogP contribution is 2.21. The fourth-order valence-electron chi connectivity index (χ4n) is 1.45. The van der Waals surface area contributed by atoms with Gasteiger partial charge in [-0.1, -0.05) is 28.1 Å². The number of benzene rings is 1. The highest BCUT2D eigenvalue weighted by atomic mass is 79.9. The summed E-state index contributed by atoms with van der Waals surface area (Å²) in [5.41, 5.74) is 1.79. The first-order chi connectivity index (χ1) is 7.18. The molecule has 3 heteroatoms. The van der Waals surface area contributed by atoms with Gasteiger partial charge in [0.25, 0.3) is 0 Å². The molecule has 0 unspecified atom stereocenters. The van der Waals surface area contributed by atoms with E-state index in [9.17, 15) is 4.79 Å². The van der Waals surface area contributed by atoms with Gasteiger partial charge in [0.15, 0.2) is 5.76 Å². The van der Waals surface area contributed by atoms with Gasteiger partial charge in [-0.25, -0.2) is 0 Å². The number of ether oxygens (including phenoxy) is 1. The Bertz CT molecular complexity index is 435. The standard InChI is InChI=1S/C12H11BrO2/c1-8-4-5-9(7-10(8)13)12(14)11-3-2-6-15-11/h3-5,7H,2,6H2,1H3. The Hall–Kier alpha value is -1.09. The van der Waals surface area contributed by atoms with E-state index in [4.69, 9.17) is 4.74 Å². The molecule has 1 heterocycles. The van der Waals surface area contributed by atoms with Crippen molar-refractivity contribution in [3.05, 3.63) is 45.6 Å². The summed E-state index contributed by atoms with van der Waals surface area (Å²) in [4.78, 5) is 11.9. The molecule has 0 fully saturated rings. The second-order valence-electron chi connectivity index (χ2n) is 3.50. The third-order valence-corrected chi connectivity index (χ3v) is 3.22. The molecule has 0 spiro atoms. The molecule has 2 nitrogen and oxygen atoms in total. The van der Waals surface area contributed by atoms with E-state index in [1.165, 1.54) is 0 Å². The molecule has 0 aliphatic carbocycles. The van der Waals surface area contributed by atoms with Crippen LogP contribution in [0, 0.1) is 6.92 Å². The van der Waals surface area contributed by atoms with Crippen molar-refractivity contribution in [2.75, 3.05) is 6.61 Å². The second-order valence-corrected chi connectivity index (χ2v) is 4.35. The normalized spacial score (nSPS) is 14.7. The zero-order chi connectivity index (χ0) is 10.8. The van der Waals surface area contributed by atoms with Gasteiger partial charge in [0.1, 0.15) is 0 Å². The molecular formula is C12H11BrO2. The number of ketones is 1. The molecule has 0 aromatic heterocycles. The smallest absolute Gasteiger partial charge is 0.227 e. The summed E-state index contributed by atoms with van der Waals surface area (Å²) in [6, 6.07) is 5.58. The van der Waals surface area contributed by atoms with E-state index in [2.05, 4.69) is 15.9 Å². The first kappa shape index (κ1) is 10.4. The minimum absolute atomic E-state index is 0.0341. The highest BCUT2D eigenvalue weighted by molar-refractivity contribution is 9.10. The average Bonchev–Trinajstić information content (AvgIpc) is 2.74. The molecule has 0 saturated heterocycles. The number of aryl methyl sites for hydroxylation is 1. The molecular weight excluding hydrogens is 256 g/mol. The molecule has 1 aromatic carbocycles. The maximum atomic E-state index is 11.9. The van der Waals surface area contributed by atoms with Gasteiger partial charge in [0.05, 0.1) is 6.61 Å². The lowest BCUT2D eigenvalue weighted by molar-refractivity contribution is 0.0942. The maximum absolute atomic E-state index is 11.9. The van der Waals surface area contributed by atoms with E-state index < -0.39 is 0 Å². The predicted molar refractivity (Wildman–Crippen MR) is 61.9 cm³/mol. The van der Waals surface area contributed by atoms with E-state index >= 15 is 0 Å². The molecule has 78 valence electrons. The molecule has 0 N–H and O–H groups in total. The largest absolute Gasteiger partial charge is 0.489 e. The Morgan fingerprint density at radius 1 is 1.47 bits per heavy atom. The lowest BCUT2D eigenvalue weighted by atomic mass is 10.1. The van der Waals surface area contributed by atoms with Crippen LogP contribution in [0.1, 0.15) is 22.3 Å². The Morgan fingerprint density at radius 3 is 2.87 bits per heavy atom. The van der Waals surface area contributed by atoms with Crippen LogP contribution in [0.2, 0.25) is 0 Å². The molecule has 0 radical (unpaired) electrons. The van der Waals surface area contributed by atoms with Gasteiger partial charge in [-0.2, -0.15) is 0 Å². The minimum Gasteiger partial charge on any atom is -0.489 e. The summed E-state index contributed by atoms with van der Waals surface area (Å²) >= 11 is 3.41. The third-order valence-electron chi connectivity index (χ3n) is 2.36. The average molecular weight is 267 g/mol. The number of carbonyl (C=O) groups excluding carboxylic acids is 1. The fourth-order valence-corrected chi connectivity index (χ4v) is 1.83. The number of halogens is 1. The monoisotopic (exact) mass is 266 g/mol. The molecule has 0 amide bonds. The number of hydrogen-bond acceptors (Lipinski definition) is 2. The van der Waals surface area contributed by atoms with Crippen LogP contribution in [0.4, 0.5) is 0 Å². The molecule has 1 aromatic rings. The Labute approximate surface area is 97.1 Å². The first-order valence-electron chi connectivity index (χ1n) is 4.82. The highest BCUT2D eigenvalue weighted by Gasteiger charge is 2.17. The molecule has 1 aliphatic heterocycles. The van der Waals surface area contributed by atoms with Crippen molar-refractivity contribution in [3.63, 3.8) is 0 Å². The van der Waals surface area contributed by atoms with Crippen molar-refractivity contribution >= 4 is 21.7 Å². The SMILES string of the molecule is Cc1ccc(C(=O)C2=CCCO2)cc1Br. The van der Waals surface area contributed by atoms with Gasteiger partial charge >= 0.3 is 0 Å². The third kappa shape index (κ3) is 2.12. The van der Waals surface area contributed by atoms with Crippen molar-refractivity contribution in [1.82, 2.24) is 0 Å². The molecule has 2 rings (SSSR count). The summed E-state index contributed by atoms with van der Waals surface area (Å²) < 4.78 is 6.19. The second kappa shape index (κ2) is 4.19. The first-order valence-corrected chi connectivity index (χ1v) is 5.61. The van der Waals surface area contributed by atoms with Crippen molar-refractivity contribution in [2.45, 2.75) is 13.3 Å². The minimum atomic E-state index is -0.0341. The van der Waals surface area contributed by atoms with Crippen molar-refractivity contribution < 1.29 is 9.53 Å². The molecule has 0 bridgehead atoms. The lowest BCUT2D eigenvalue weighted by Crippen LogP contribution is -2.04. The molecule has 15 heavy (non-hydrogen) atoms. The summed E-state index contributed by atoms with van der Waals surface area (Å²) in [5.74, 6) is 0.443. The van der Waals surface area contributed by atoms with Gasteiger partial charge in [0.2, 0.25) is 5.78 Å². The quantitative estimate of drug-likeness (QED) is 0.769. The van der Waals surface area contributed by atoms with E-state index in [-0.39, 0.29) is 5.78 Å².